The molecule has 0 fully saturated rings. The van der Waals surface area contributed by atoms with Crippen LogP contribution in [0.25, 0.3) is 22.5 Å². The highest BCUT2D eigenvalue weighted by Gasteiger charge is 2.30. The van der Waals surface area contributed by atoms with Crippen molar-refractivity contribution in [3.63, 3.8) is 0 Å². The highest BCUT2D eigenvalue weighted by Crippen LogP contribution is 2.32. The number of aryl methyl sites for hydroxylation is 3. The summed E-state index contributed by atoms with van der Waals surface area (Å²) in [5, 5.41) is 16.3. The maximum Gasteiger partial charge on any atom is 0.327 e. The Morgan fingerprint density at radius 2 is 1.57 bits per heavy atom. The highest BCUT2D eigenvalue weighted by atomic mass is 16.5. The van der Waals surface area contributed by atoms with Gasteiger partial charge in [-0.25, -0.2) is 4.98 Å². The third-order valence-electron chi connectivity index (χ3n) is 5.91. The van der Waals surface area contributed by atoms with E-state index in [9.17, 15) is 14.8 Å². The Kier molecular flexibility index (Phi) is 6.29. The summed E-state index contributed by atoms with van der Waals surface area (Å²) in [6.07, 6.45) is 0. The molecule has 0 aliphatic heterocycles. The number of carbonyl (C=O) groups excluding carboxylic acids is 2. The van der Waals surface area contributed by atoms with Crippen molar-refractivity contribution in [1.29, 1.82) is 0 Å². The molecule has 0 spiro atoms. The summed E-state index contributed by atoms with van der Waals surface area (Å²) in [5.41, 5.74) is 13.0. The Hall–Kier alpha value is -4.59. The lowest BCUT2D eigenvalue weighted by Gasteiger charge is -2.11. The van der Waals surface area contributed by atoms with Crippen molar-refractivity contribution in [2.45, 2.75) is 20.8 Å². The Morgan fingerprint density at radius 1 is 0.914 bits per heavy atom. The van der Waals surface area contributed by atoms with Gasteiger partial charge in [-0.15, -0.1) is 0 Å². The predicted molar refractivity (Wildman–Crippen MR) is 135 cm³/mol. The number of benzene rings is 3. The van der Waals surface area contributed by atoms with Gasteiger partial charge in [0.25, 0.3) is 11.6 Å². The van der Waals surface area contributed by atoms with Crippen molar-refractivity contribution in [2.75, 3.05) is 18.1 Å². The number of nitrogens with two attached hydrogens (primary N) is 1. The van der Waals surface area contributed by atoms with Crippen LogP contribution in [-0.4, -0.2) is 29.1 Å². The van der Waals surface area contributed by atoms with Crippen LogP contribution in [0.4, 0.5) is 11.4 Å². The molecular formula is C27H28N5O3+. The lowest BCUT2D eigenvalue weighted by atomic mass is 9.94. The van der Waals surface area contributed by atoms with Crippen molar-refractivity contribution >= 4 is 23.2 Å². The predicted octanol–water partition coefficient (Wildman–Crippen LogP) is 3.99. The van der Waals surface area contributed by atoms with Gasteiger partial charge in [0, 0.05) is 30.9 Å². The van der Waals surface area contributed by atoms with E-state index >= 15 is 0 Å². The standard InChI is InChI=1S/C27H27N5O3/c1-15-7-5-8-16(2)23(15)19-11-20(13-21(28)12-19)25-30-17(3)24(32(25)35)27(34)31-22-10-6-9-18(14-22)26(33)29-4/h5-14,35H,28H2,1-4H3,(H2,29,31,33,34)/p+1. The molecular weight excluding hydrogens is 442 g/mol. The molecule has 4 rings (SSSR count). The molecule has 0 unspecified atom stereocenters. The number of amides is 2. The Bertz CT molecular complexity index is 1440. The van der Waals surface area contributed by atoms with Crippen LogP contribution >= 0.6 is 0 Å². The van der Waals surface area contributed by atoms with Gasteiger partial charge in [0.05, 0.1) is 5.56 Å². The van der Waals surface area contributed by atoms with Crippen LogP contribution in [0.3, 0.4) is 0 Å². The summed E-state index contributed by atoms with van der Waals surface area (Å²) in [7, 11) is 1.54. The minimum Gasteiger partial charge on any atom is -0.399 e. The first-order chi connectivity index (χ1) is 16.7. The molecule has 0 aliphatic rings. The number of H-pyrrole nitrogens is 1. The number of imidazole rings is 1. The summed E-state index contributed by atoms with van der Waals surface area (Å²) in [6, 6.07) is 18.2. The highest BCUT2D eigenvalue weighted by molar-refractivity contribution is 6.03. The van der Waals surface area contributed by atoms with Gasteiger partial charge in [-0.2, -0.15) is 0 Å². The molecule has 2 amide bonds. The summed E-state index contributed by atoms with van der Waals surface area (Å²) >= 11 is 0. The van der Waals surface area contributed by atoms with Crippen molar-refractivity contribution in [2.24, 2.45) is 0 Å². The SMILES string of the molecule is CNC(=O)c1cccc(NC(=O)c2c(C)[nH]c(-c3cc(N)cc(-c4c(C)cccc4C)c3)[n+]2O)c1. The number of aromatic nitrogens is 2. The van der Waals surface area contributed by atoms with Gasteiger partial charge in [0.2, 0.25) is 0 Å². The van der Waals surface area contributed by atoms with Gasteiger partial charge in [0.1, 0.15) is 0 Å². The molecule has 178 valence electrons. The molecule has 0 saturated carbocycles. The van der Waals surface area contributed by atoms with E-state index in [2.05, 4.69) is 15.6 Å². The van der Waals surface area contributed by atoms with Crippen LogP contribution in [0.1, 0.15) is 37.7 Å². The van der Waals surface area contributed by atoms with Crippen LogP contribution in [0.15, 0.2) is 60.7 Å². The van der Waals surface area contributed by atoms with Gasteiger partial charge >= 0.3 is 11.7 Å². The second-order valence-electron chi connectivity index (χ2n) is 8.48. The molecule has 8 heteroatoms. The average Bonchev–Trinajstić information content (AvgIpc) is 3.12. The van der Waals surface area contributed by atoms with Crippen molar-refractivity contribution in [1.82, 2.24) is 10.3 Å². The fourth-order valence-corrected chi connectivity index (χ4v) is 4.30. The quantitative estimate of drug-likeness (QED) is 0.172. The molecule has 1 heterocycles. The summed E-state index contributed by atoms with van der Waals surface area (Å²) in [6.45, 7) is 5.78. The van der Waals surface area contributed by atoms with Crippen LogP contribution in [-0.2, 0) is 0 Å². The summed E-state index contributed by atoms with van der Waals surface area (Å²) in [5.74, 6) is -0.466. The molecule has 4 aromatic rings. The smallest absolute Gasteiger partial charge is 0.327 e. The number of nitrogens with one attached hydrogen (secondary N) is 3. The monoisotopic (exact) mass is 470 g/mol. The first-order valence-electron chi connectivity index (χ1n) is 11.1. The second-order valence-corrected chi connectivity index (χ2v) is 8.48. The third kappa shape index (κ3) is 4.59. The minimum absolute atomic E-state index is 0.0430. The molecule has 0 aliphatic carbocycles. The van der Waals surface area contributed by atoms with Crippen molar-refractivity contribution in [3.05, 3.63) is 88.7 Å². The van der Waals surface area contributed by atoms with Crippen LogP contribution in [0, 0.1) is 20.8 Å². The summed E-state index contributed by atoms with van der Waals surface area (Å²) in [4.78, 5) is 28.1. The molecule has 35 heavy (non-hydrogen) atoms. The number of anilines is 2. The Labute approximate surface area is 203 Å². The second kappa shape index (κ2) is 9.34. The topological polar surface area (TPSA) is 124 Å². The zero-order chi connectivity index (χ0) is 25.3. The molecule has 6 N–H and O–H groups in total. The van der Waals surface area contributed by atoms with Crippen molar-refractivity contribution in [3.8, 4) is 22.5 Å². The van der Waals surface area contributed by atoms with E-state index in [1.165, 1.54) is 7.05 Å². The van der Waals surface area contributed by atoms with E-state index in [-0.39, 0.29) is 11.6 Å². The number of nitrogen functional groups attached to an aromatic ring is 1. The van der Waals surface area contributed by atoms with E-state index in [1.54, 1.807) is 37.3 Å². The van der Waals surface area contributed by atoms with Gasteiger partial charge < -0.3 is 21.6 Å². The number of hydrogen-bond acceptors (Lipinski definition) is 4. The van der Waals surface area contributed by atoms with Gasteiger partial charge in [-0.1, -0.05) is 24.3 Å². The number of carbonyl (C=O) groups is 2. The number of nitrogens with zero attached hydrogens (tertiary/aromatic N) is 1. The summed E-state index contributed by atoms with van der Waals surface area (Å²) < 4.78 is 0.830. The molecule has 1 aromatic heterocycles. The van der Waals surface area contributed by atoms with Gasteiger partial charge in [0.15, 0.2) is 5.69 Å². The van der Waals surface area contributed by atoms with Crippen molar-refractivity contribution < 1.29 is 19.5 Å². The zero-order valence-corrected chi connectivity index (χ0v) is 20.1. The fraction of sp³-hybridized carbons (Fsp3) is 0.148. The van der Waals surface area contributed by atoms with E-state index < -0.39 is 5.91 Å². The average molecular weight is 471 g/mol. The van der Waals surface area contributed by atoms with Crippen LogP contribution < -0.4 is 21.1 Å². The molecule has 0 radical (unpaired) electrons. The van der Waals surface area contributed by atoms with Crippen LogP contribution in [0.5, 0.6) is 0 Å². The lowest BCUT2D eigenvalue weighted by Crippen LogP contribution is -2.39. The maximum absolute atomic E-state index is 13.1. The molecule has 3 aromatic carbocycles. The lowest BCUT2D eigenvalue weighted by molar-refractivity contribution is -0.896. The zero-order valence-electron chi connectivity index (χ0n) is 20.1. The number of aromatic amines is 1. The molecule has 0 atom stereocenters. The fourth-order valence-electron chi connectivity index (χ4n) is 4.30. The van der Waals surface area contributed by atoms with Gasteiger partial charge in [-0.05, 0) is 77.2 Å². The van der Waals surface area contributed by atoms with Crippen LogP contribution in [0.2, 0.25) is 0 Å². The maximum atomic E-state index is 13.1. The van der Waals surface area contributed by atoms with E-state index in [1.807, 2.05) is 44.2 Å². The molecule has 8 nitrogen and oxygen atoms in total. The Morgan fingerprint density at radius 3 is 2.26 bits per heavy atom. The largest absolute Gasteiger partial charge is 0.399 e. The van der Waals surface area contributed by atoms with E-state index in [0.717, 1.165) is 27.0 Å². The van der Waals surface area contributed by atoms with E-state index in [4.69, 9.17) is 5.73 Å². The third-order valence-corrected chi connectivity index (χ3v) is 5.91. The number of rotatable bonds is 5. The Balaban J connectivity index is 1.71. The molecule has 0 bridgehead atoms. The normalized spacial score (nSPS) is 10.7. The molecule has 0 saturated heterocycles. The van der Waals surface area contributed by atoms with Gasteiger partial charge in [-0.3, -0.25) is 9.59 Å². The minimum atomic E-state index is -0.527. The first kappa shape index (κ1) is 23.6. The first-order valence-corrected chi connectivity index (χ1v) is 11.1. The van der Waals surface area contributed by atoms with E-state index in [0.29, 0.717) is 34.0 Å². The number of hydrogen-bond donors (Lipinski definition) is 5.